The molecule has 2 aromatic carbocycles. The van der Waals surface area contributed by atoms with Crippen molar-refractivity contribution in [3.8, 4) is 0 Å². The fourth-order valence-corrected chi connectivity index (χ4v) is 2.79. The molecule has 0 fully saturated rings. The van der Waals surface area contributed by atoms with Gasteiger partial charge in [0.1, 0.15) is 6.17 Å². The molecule has 3 rings (SSSR count). The van der Waals surface area contributed by atoms with Crippen LogP contribution in [0.15, 0.2) is 53.0 Å². The van der Waals surface area contributed by atoms with Gasteiger partial charge in [0, 0.05) is 16.7 Å². The van der Waals surface area contributed by atoms with Crippen molar-refractivity contribution in [1.82, 2.24) is 4.90 Å². The van der Waals surface area contributed by atoms with Crippen molar-refractivity contribution >= 4 is 27.5 Å². The van der Waals surface area contributed by atoms with E-state index in [0.717, 1.165) is 21.3 Å². The minimum atomic E-state index is -0.115. The summed E-state index contributed by atoms with van der Waals surface area (Å²) >= 11 is 3.44. The highest BCUT2D eigenvalue weighted by Crippen LogP contribution is 2.33. The Morgan fingerprint density at radius 3 is 2.55 bits per heavy atom. The minimum absolute atomic E-state index is 0.0785. The summed E-state index contributed by atoms with van der Waals surface area (Å²) in [5.74, 6) is 0.0785. The fraction of sp³-hybridized carbons (Fsp3) is 0.188. The summed E-state index contributed by atoms with van der Waals surface area (Å²) in [4.78, 5) is 14.4. The Hall–Kier alpha value is -1.81. The van der Waals surface area contributed by atoms with Gasteiger partial charge in [-0.3, -0.25) is 4.79 Å². The number of benzene rings is 2. The third-order valence-corrected chi connectivity index (χ3v) is 4.08. The Kier molecular flexibility index (Phi) is 3.49. The molecule has 0 spiro atoms. The Morgan fingerprint density at radius 2 is 1.85 bits per heavy atom. The Balaban J connectivity index is 2.03. The highest BCUT2D eigenvalue weighted by molar-refractivity contribution is 9.10. The third kappa shape index (κ3) is 2.20. The molecule has 1 unspecified atom stereocenters. The first kappa shape index (κ1) is 13.2. The third-order valence-electron chi connectivity index (χ3n) is 3.55. The number of carbonyl (C=O) groups excluding carboxylic acids is 1. The summed E-state index contributed by atoms with van der Waals surface area (Å²) in [5.41, 5.74) is 2.72. The number of halogens is 1. The highest BCUT2D eigenvalue weighted by atomic mass is 79.9. The lowest BCUT2D eigenvalue weighted by Crippen LogP contribution is -2.42. The first-order valence-corrected chi connectivity index (χ1v) is 7.42. The summed E-state index contributed by atoms with van der Waals surface area (Å²) in [7, 11) is 0. The normalized spacial score (nSPS) is 17.6. The first-order chi connectivity index (χ1) is 9.70. The number of nitrogens with one attached hydrogen (secondary N) is 1. The van der Waals surface area contributed by atoms with E-state index in [4.69, 9.17) is 0 Å². The van der Waals surface area contributed by atoms with Gasteiger partial charge in [-0.15, -0.1) is 0 Å². The van der Waals surface area contributed by atoms with E-state index in [1.807, 2.05) is 60.4 Å². The lowest BCUT2D eigenvalue weighted by atomic mass is 10.0. The monoisotopic (exact) mass is 330 g/mol. The van der Waals surface area contributed by atoms with E-state index in [1.54, 1.807) is 0 Å². The molecule has 1 amide bonds. The quantitative estimate of drug-likeness (QED) is 0.901. The first-order valence-electron chi connectivity index (χ1n) is 6.62. The van der Waals surface area contributed by atoms with Gasteiger partial charge in [0.05, 0.1) is 5.56 Å². The molecule has 1 N–H and O–H groups in total. The summed E-state index contributed by atoms with van der Waals surface area (Å²) < 4.78 is 1.03. The minimum Gasteiger partial charge on any atom is -0.361 e. The van der Waals surface area contributed by atoms with E-state index in [9.17, 15) is 4.79 Å². The lowest BCUT2D eigenvalue weighted by molar-refractivity contribution is 0.0695. The van der Waals surface area contributed by atoms with Crippen LogP contribution in [0.3, 0.4) is 0 Å². The predicted octanol–water partition coefficient (Wildman–Crippen LogP) is 4.04. The molecule has 102 valence electrons. The number of nitrogens with zero attached hydrogens (tertiary/aromatic N) is 1. The summed E-state index contributed by atoms with van der Waals surface area (Å²) in [6, 6.07) is 15.7. The van der Waals surface area contributed by atoms with Crippen LogP contribution in [0.4, 0.5) is 5.69 Å². The highest BCUT2D eigenvalue weighted by Gasteiger charge is 2.31. The molecule has 3 nitrogen and oxygen atoms in total. The lowest BCUT2D eigenvalue weighted by Gasteiger charge is -2.37. The number of rotatable bonds is 2. The van der Waals surface area contributed by atoms with Gasteiger partial charge in [0.15, 0.2) is 0 Å². The second-order valence-corrected chi connectivity index (χ2v) is 5.65. The van der Waals surface area contributed by atoms with Crippen molar-refractivity contribution < 1.29 is 4.79 Å². The Labute approximate surface area is 126 Å². The molecule has 0 saturated carbocycles. The van der Waals surface area contributed by atoms with Crippen molar-refractivity contribution in [2.24, 2.45) is 0 Å². The molecule has 1 atom stereocenters. The van der Waals surface area contributed by atoms with Crippen LogP contribution in [0.2, 0.25) is 0 Å². The van der Waals surface area contributed by atoms with Crippen LogP contribution < -0.4 is 5.32 Å². The van der Waals surface area contributed by atoms with E-state index in [1.165, 1.54) is 0 Å². The van der Waals surface area contributed by atoms with Crippen LogP contribution in [-0.4, -0.2) is 17.4 Å². The van der Waals surface area contributed by atoms with Gasteiger partial charge in [-0.2, -0.15) is 0 Å². The van der Waals surface area contributed by atoms with Crippen molar-refractivity contribution in [3.63, 3.8) is 0 Å². The second-order valence-electron chi connectivity index (χ2n) is 4.74. The van der Waals surface area contributed by atoms with Crippen LogP contribution in [-0.2, 0) is 0 Å². The molecule has 2 aromatic rings. The van der Waals surface area contributed by atoms with E-state index in [-0.39, 0.29) is 12.1 Å². The number of para-hydroxylation sites is 1. The maximum Gasteiger partial charge on any atom is 0.257 e. The van der Waals surface area contributed by atoms with Crippen molar-refractivity contribution in [3.05, 3.63) is 64.1 Å². The SMILES string of the molecule is CCN1C(=O)c2ccccc2NC1c1ccc(Br)cc1. The molecule has 1 heterocycles. The number of fused-ring (bicyclic) bond motifs is 1. The molecule has 0 bridgehead atoms. The van der Waals surface area contributed by atoms with Crippen molar-refractivity contribution in [1.29, 1.82) is 0 Å². The number of carbonyl (C=O) groups is 1. The average Bonchev–Trinajstić information content (AvgIpc) is 2.48. The zero-order chi connectivity index (χ0) is 14.1. The van der Waals surface area contributed by atoms with Gasteiger partial charge in [-0.1, -0.05) is 40.2 Å². The smallest absolute Gasteiger partial charge is 0.257 e. The zero-order valence-corrected chi connectivity index (χ0v) is 12.7. The van der Waals surface area contributed by atoms with Crippen LogP contribution >= 0.6 is 15.9 Å². The molecular weight excluding hydrogens is 316 g/mol. The molecule has 0 aromatic heterocycles. The van der Waals surface area contributed by atoms with Crippen molar-refractivity contribution in [2.75, 3.05) is 11.9 Å². The van der Waals surface area contributed by atoms with E-state index < -0.39 is 0 Å². The number of hydrogen-bond acceptors (Lipinski definition) is 2. The zero-order valence-electron chi connectivity index (χ0n) is 11.1. The Morgan fingerprint density at radius 1 is 1.15 bits per heavy atom. The molecule has 1 aliphatic heterocycles. The van der Waals surface area contributed by atoms with Crippen molar-refractivity contribution in [2.45, 2.75) is 13.1 Å². The molecule has 0 saturated heterocycles. The maximum absolute atomic E-state index is 12.6. The van der Waals surface area contributed by atoms with Gasteiger partial charge >= 0.3 is 0 Å². The predicted molar refractivity (Wildman–Crippen MR) is 83.7 cm³/mol. The molecule has 4 heteroatoms. The molecule has 0 aliphatic carbocycles. The molecular formula is C16H15BrN2O. The topological polar surface area (TPSA) is 32.3 Å². The van der Waals surface area contributed by atoms with Crippen LogP contribution in [0.5, 0.6) is 0 Å². The van der Waals surface area contributed by atoms with E-state index in [2.05, 4.69) is 21.2 Å². The van der Waals surface area contributed by atoms with Gasteiger partial charge in [0.25, 0.3) is 5.91 Å². The number of amides is 1. The van der Waals surface area contributed by atoms with Gasteiger partial charge in [0.2, 0.25) is 0 Å². The van der Waals surface area contributed by atoms with Gasteiger partial charge in [-0.25, -0.2) is 0 Å². The maximum atomic E-state index is 12.6. The standard InChI is InChI=1S/C16H15BrN2O/c1-2-19-15(11-7-9-12(17)10-8-11)18-14-6-4-3-5-13(14)16(19)20/h3-10,15,18H,2H2,1H3. The molecule has 1 aliphatic rings. The Bertz CT molecular complexity index is 639. The van der Waals surface area contributed by atoms with Crippen LogP contribution in [0, 0.1) is 0 Å². The van der Waals surface area contributed by atoms with Gasteiger partial charge < -0.3 is 10.2 Å². The second kappa shape index (κ2) is 5.29. The van der Waals surface area contributed by atoms with E-state index >= 15 is 0 Å². The van der Waals surface area contributed by atoms with Crippen LogP contribution in [0.1, 0.15) is 29.0 Å². The summed E-state index contributed by atoms with van der Waals surface area (Å²) in [5, 5.41) is 3.45. The summed E-state index contributed by atoms with van der Waals surface area (Å²) in [6.45, 7) is 2.67. The summed E-state index contributed by atoms with van der Waals surface area (Å²) in [6.07, 6.45) is -0.115. The number of anilines is 1. The van der Waals surface area contributed by atoms with Gasteiger partial charge in [-0.05, 0) is 36.8 Å². The average molecular weight is 331 g/mol. The number of hydrogen-bond donors (Lipinski definition) is 1. The van der Waals surface area contributed by atoms with E-state index in [0.29, 0.717) is 6.54 Å². The fourth-order valence-electron chi connectivity index (χ4n) is 2.53. The van der Waals surface area contributed by atoms with Crippen LogP contribution in [0.25, 0.3) is 0 Å². The molecule has 0 radical (unpaired) electrons. The largest absolute Gasteiger partial charge is 0.361 e. The molecule has 20 heavy (non-hydrogen) atoms.